The van der Waals surface area contributed by atoms with E-state index in [1.54, 1.807) is 40.9 Å². The predicted octanol–water partition coefficient (Wildman–Crippen LogP) is 5.61. The molecule has 15 atom stereocenters. The molecular weight excluding hydrogens is 957 g/mol. The molecule has 2 bridgehead atoms. The van der Waals surface area contributed by atoms with Gasteiger partial charge in [0.2, 0.25) is 5.79 Å². The first-order valence-electron chi connectivity index (χ1n) is 26.8. The number of carbonyl (C=O) groups is 6. The number of fused-ring (bicyclic) bond motifs is 3. The van der Waals surface area contributed by atoms with Crippen molar-refractivity contribution in [3.05, 3.63) is 47.6 Å². The van der Waals surface area contributed by atoms with Crippen molar-refractivity contribution in [3.63, 3.8) is 0 Å². The standard InChI is InChI=1S/C56H88N2O16/c1-34-16-12-11-13-17-35(2)46(69-8)32-42-21-19-40(7)56(68,74-42)52(64)53(65)58-23-15-14-18-43(58)54(66)72-47(33-44(61)36(3)29-39(6)50(63)51(71-10)49(62)38(5)28-34)37(4)30-41-20-22-45(48(31-41)70-9)73-55(67)57(24-26-59)25-27-60/h11-13,16-17,29,34,36-38,40-43,45-48,50-51,59-60,63,68H,14-15,18-28,30-33H2,1-10H3/b13-11+,16-12+,35-17+,39-29+/t34-,36-,37?,38-,40-,41+,42+,43+,45-,46+,47+,48-,50-,51+,56-/m1/s1. The van der Waals surface area contributed by atoms with Crippen LogP contribution in [-0.4, -0.2) is 174 Å². The Kier molecular flexibility index (Phi) is 25.3. The van der Waals surface area contributed by atoms with E-state index in [2.05, 4.69) is 0 Å². The maximum Gasteiger partial charge on any atom is 0.410 e. The zero-order valence-electron chi connectivity index (χ0n) is 45.7. The largest absolute Gasteiger partial charge is 0.460 e. The minimum absolute atomic E-state index is 0.00648. The molecular formula is C56H88N2O16. The minimum Gasteiger partial charge on any atom is -0.460 e. The first-order chi connectivity index (χ1) is 35.1. The number of rotatable bonds is 11. The Balaban J connectivity index is 1.68. The molecule has 3 aliphatic heterocycles. The lowest BCUT2D eigenvalue weighted by Crippen LogP contribution is -2.61. The van der Waals surface area contributed by atoms with E-state index in [1.165, 1.54) is 19.1 Å². The third kappa shape index (κ3) is 16.9. The number of hydrogen-bond donors (Lipinski definition) is 4. The Morgan fingerprint density at radius 2 is 1.55 bits per heavy atom. The molecule has 74 heavy (non-hydrogen) atoms. The maximum absolute atomic E-state index is 14.6. The van der Waals surface area contributed by atoms with Crippen molar-refractivity contribution >= 4 is 35.3 Å². The first kappa shape index (κ1) is 62.4. The molecule has 3 fully saturated rings. The van der Waals surface area contributed by atoms with E-state index in [9.17, 15) is 49.2 Å². The third-order valence-corrected chi connectivity index (χ3v) is 15.7. The summed E-state index contributed by atoms with van der Waals surface area (Å²) in [5.74, 6) is -8.58. The highest BCUT2D eigenvalue weighted by Gasteiger charge is 2.53. The monoisotopic (exact) mass is 1040 g/mol. The van der Waals surface area contributed by atoms with Crippen LogP contribution in [0.15, 0.2) is 47.6 Å². The molecule has 0 aromatic heterocycles. The van der Waals surface area contributed by atoms with E-state index in [1.807, 2.05) is 51.2 Å². The molecule has 0 aromatic rings. The highest BCUT2D eigenvalue weighted by molar-refractivity contribution is 6.39. The second-order valence-corrected chi connectivity index (χ2v) is 21.4. The molecule has 3 heterocycles. The van der Waals surface area contributed by atoms with Crippen LogP contribution in [0.4, 0.5) is 4.79 Å². The number of piperidine rings is 1. The van der Waals surface area contributed by atoms with Gasteiger partial charge in [0.25, 0.3) is 11.7 Å². The second-order valence-electron chi connectivity index (χ2n) is 21.4. The molecule has 2 amide bonds. The lowest BCUT2D eigenvalue weighted by molar-refractivity contribution is -0.265. The average molecular weight is 1050 g/mol. The van der Waals surface area contributed by atoms with Crippen molar-refractivity contribution in [1.82, 2.24) is 9.80 Å². The predicted molar refractivity (Wildman–Crippen MR) is 275 cm³/mol. The van der Waals surface area contributed by atoms with E-state index in [0.717, 1.165) is 10.5 Å². The zero-order chi connectivity index (χ0) is 54.9. The number of cyclic esters (lactones) is 1. The van der Waals surface area contributed by atoms with Gasteiger partial charge in [-0.15, -0.1) is 0 Å². The van der Waals surface area contributed by atoms with E-state index in [-0.39, 0.29) is 69.1 Å². The summed E-state index contributed by atoms with van der Waals surface area (Å²) < 4.78 is 35.5. The van der Waals surface area contributed by atoms with Crippen LogP contribution in [-0.2, 0) is 52.4 Å². The van der Waals surface area contributed by atoms with Crippen LogP contribution in [0.2, 0.25) is 0 Å². The molecule has 1 saturated carbocycles. The number of nitrogens with zero attached hydrogens (tertiary/aromatic N) is 2. The van der Waals surface area contributed by atoms with Gasteiger partial charge in [-0.25, -0.2) is 9.59 Å². The third-order valence-electron chi connectivity index (χ3n) is 15.7. The quantitative estimate of drug-likeness (QED) is 0.112. The van der Waals surface area contributed by atoms with E-state index < -0.39 is 102 Å². The van der Waals surface area contributed by atoms with Crippen LogP contribution in [0.1, 0.15) is 126 Å². The number of ether oxygens (including phenoxy) is 6. The average Bonchev–Trinajstić information content (AvgIpc) is 3.37. The summed E-state index contributed by atoms with van der Waals surface area (Å²) in [6, 6.07) is -1.20. The van der Waals surface area contributed by atoms with Crippen LogP contribution >= 0.6 is 0 Å². The Morgan fingerprint density at radius 3 is 2.20 bits per heavy atom. The van der Waals surface area contributed by atoms with Gasteiger partial charge in [-0.2, -0.15) is 0 Å². The lowest BCUT2D eigenvalue weighted by atomic mass is 9.78. The van der Waals surface area contributed by atoms with Crippen LogP contribution < -0.4 is 0 Å². The maximum atomic E-state index is 14.6. The summed E-state index contributed by atoms with van der Waals surface area (Å²) in [5, 5.41) is 42.4. The van der Waals surface area contributed by atoms with Gasteiger partial charge in [0, 0.05) is 71.6 Å². The lowest BCUT2D eigenvalue weighted by Gasteiger charge is -2.42. The van der Waals surface area contributed by atoms with Crippen molar-refractivity contribution in [2.75, 3.05) is 54.2 Å². The highest BCUT2D eigenvalue weighted by Crippen LogP contribution is 2.38. The van der Waals surface area contributed by atoms with Crippen LogP contribution in [0.25, 0.3) is 0 Å². The van der Waals surface area contributed by atoms with Crippen molar-refractivity contribution < 1.29 is 77.6 Å². The molecule has 4 rings (SSSR count). The summed E-state index contributed by atoms with van der Waals surface area (Å²) in [6.45, 7) is 11.9. The molecule has 0 radical (unpaired) electrons. The minimum atomic E-state index is -2.47. The Labute approximate surface area is 438 Å². The highest BCUT2D eigenvalue weighted by atomic mass is 16.6. The summed E-state index contributed by atoms with van der Waals surface area (Å²) in [4.78, 5) is 86.7. The zero-order valence-corrected chi connectivity index (χ0v) is 45.7. The molecule has 4 N–H and O–H groups in total. The summed E-state index contributed by atoms with van der Waals surface area (Å²) >= 11 is 0. The summed E-state index contributed by atoms with van der Waals surface area (Å²) in [5.41, 5.74) is 1.21. The van der Waals surface area contributed by atoms with Gasteiger partial charge >= 0.3 is 12.1 Å². The molecule has 1 unspecified atom stereocenters. The number of aliphatic hydroxyl groups excluding tert-OH is 3. The SMILES string of the molecule is CO[C@H]1C[C@@H]2CC[C@@H](C)[C@@](O)(O2)C(=O)C(=O)N2CCCC[C@H]2C(=O)O[C@H](C(C)C[C@@H]2CC[C@@H](OC(=O)N(CCO)CCO)[C@H](OC)C2)CC(=O)[C@H](C)/C=C(\C)[C@@H](O)[C@@H](OC)C(=O)[C@H](C)C[C@H](C)/C=C/C=C/C=C/1C. The van der Waals surface area contributed by atoms with Gasteiger partial charge in [-0.3, -0.25) is 19.2 Å². The molecule has 0 aromatic carbocycles. The number of carbonyl (C=O) groups excluding carboxylic acids is 6. The van der Waals surface area contributed by atoms with Gasteiger partial charge in [0.05, 0.1) is 31.5 Å². The Morgan fingerprint density at radius 1 is 0.851 bits per heavy atom. The molecule has 1 aliphatic carbocycles. The number of hydrogen-bond acceptors (Lipinski definition) is 16. The van der Waals surface area contributed by atoms with Gasteiger partial charge in [-0.05, 0) is 107 Å². The van der Waals surface area contributed by atoms with Crippen LogP contribution in [0.3, 0.4) is 0 Å². The molecule has 18 heteroatoms. The molecule has 4 aliphatic rings. The summed E-state index contributed by atoms with van der Waals surface area (Å²) in [6.07, 6.45) is 9.26. The van der Waals surface area contributed by atoms with Crippen molar-refractivity contribution in [2.45, 2.75) is 180 Å². The topological polar surface area (TPSA) is 245 Å². The number of ketones is 3. The Bertz CT molecular complexity index is 2000. The molecule has 418 valence electrons. The van der Waals surface area contributed by atoms with Crippen LogP contribution in [0.5, 0.6) is 0 Å². The fraction of sp³-hybridized carbons (Fsp3) is 0.750. The van der Waals surface area contributed by atoms with Crippen molar-refractivity contribution in [1.29, 1.82) is 0 Å². The van der Waals surface area contributed by atoms with E-state index >= 15 is 0 Å². The van der Waals surface area contributed by atoms with E-state index in [4.69, 9.17) is 28.4 Å². The fourth-order valence-corrected chi connectivity index (χ4v) is 11.0. The molecule has 18 nitrogen and oxygen atoms in total. The fourth-order valence-electron chi connectivity index (χ4n) is 11.0. The number of aliphatic hydroxyl groups is 4. The van der Waals surface area contributed by atoms with Gasteiger partial charge in [0.1, 0.15) is 36.2 Å². The first-order valence-corrected chi connectivity index (χ1v) is 26.8. The van der Waals surface area contributed by atoms with Gasteiger partial charge in [-0.1, -0.05) is 71.1 Å². The smallest absolute Gasteiger partial charge is 0.410 e. The number of allylic oxidation sites excluding steroid dienone is 6. The second kappa shape index (κ2) is 30.0. The number of methoxy groups -OCH3 is 3. The van der Waals surface area contributed by atoms with Crippen LogP contribution in [0, 0.1) is 35.5 Å². The Hall–Kier alpha value is -4.14. The normalized spacial score (nSPS) is 36.8. The van der Waals surface area contributed by atoms with Gasteiger partial charge < -0.3 is 58.6 Å². The van der Waals surface area contributed by atoms with Gasteiger partial charge in [0.15, 0.2) is 5.78 Å². The van der Waals surface area contributed by atoms with Crippen molar-refractivity contribution in [3.8, 4) is 0 Å². The summed E-state index contributed by atoms with van der Waals surface area (Å²) in [7, 11) is 4.45. The number of amides is 2. The number of esters is 1. The van der Waals surface area contributed by atoms with Crippen molar-refractivity contribution in [2.24, 2.45) is 35.5 Å². The number of Topliss-reactive ketones (excluding diaryl/α,β-unsaturated/α-hetero) is 3. The molecule has 0 spiro atoms. The molecule has 2 saturated heterocycles. The van der Waals surface area contributed by atoms with E-state index in [0.29, 0.717) is 69.8 Å².